The molecule has 3 rings (SSSR count). The summed E-state index contributed by atoms with van der Waals surface area (Å²) in [5.41, 5.74) is 5.37. The summed E-state index contributed by atoms with van der Waals surface area (Å²) < 4.78 is 6.11. The number of carbonyl (C=O) groups is 2. The number of nitrogens with one attached hydrogen (secondary N) is 1. The van der Waals surface area contributed by atoms with Crippen LogP contribution in [0.4, 0.5) is 5.69 Å². The largest absolute Gasteiger partial charge is 0.445 e. The highest BCUT2D eigenvalue weighted by molar-refractivity contribution is 9.10. The molecule has 1 atom stereocenters. The van der Waals surface area contributed by atoms with Crippen molar-refractivity contribution in [2.45, 2.75) is 19.3 Å². The van der Waals surface area contributed by atoms with E-state index in [0.717, 1.165) is 4.47 Å². The zero-order chi connectivity index (χ0) is 16.9. The Morgan fingerprint density at radius 3 is 2.78 bits per heavy atom. The van der Waals surface area contributed by atoms with E-state index >= 15 is 0 Å². The number of ketones is 1. The zero-order valence-electron chi connectivity index (χ0n) is 12.4. The third kappa shape index (κ3) is 1.85. The lowest BCUT2D eigenvalue weighted by molar-refractivity contribution is -0.122. The number of carbonyl (C=O) groups excluding carboxylic acids is 2. The van der Waals surface area contributed by atoms with Crippen molar-refractivity contribution in [2.24, 2.45) is 5.73 Å². The summed E-state index contributed by atoms with van der Waals surface area (Å²) in [6.07, 6.45) is 0. The van der Waals surface area contributed by atoms with Gasteiger partial charge in [-0.1, -0.05) is 22.0 Å². The highest BCUT2D eigenvalue weighted by Crippen LogP contribution is 2.52. The molecule has 1 aromatic carbocycles. The molecule has 2 heterocycles. The van der Waals surface area contributed by atoms with Crippen LogP contribution >= 0.6 is 15.9 Å². The van der Waals surface area contributed by atoms with E-state index < -0.39 is 11.3 Å². The fraction of sp³-hybridized carbons (Fsp3) is 0.188. The lowest BCUT2D eigenvalue weighted by Gasteiger charge is -2.34. The van der Waals surface area contributed by atoms with Crippen LogP contribution in [0.3, 0.4) is 0 Å². The van der Waals surface area contributed by atoms with Crippen molar-refractivity contribution in [3.8, 4) is 6.07 Å². The average molecular weight is 374 g/mol. The highest BCUT2D eigenvalue weighted by atomic mass is 79.9. The van der Waals surface area contributed by atoms with Crippen LogP contribution in [0.1, 0.15) is 19.4 Å². The number of fused-ring (bicyclic) bond motifs is 2. The molecule has 1 spiro atoms. The maximum atomic E-state index is 12.9. The third-order valence-electron chi connectivity index (χ3n) is 4.05. The number of anilines is 1. The number of nitrogens with two attached hydrogens (primary N) is 1. The Balaban J connectivity index is 2.46. The van der Waals surface area contributed by atoms with Gasteiger partial charge in [0.15, 0.2) is 5.78 Å². The third-order valence-corrected chi connectivity index (χ3v) is 4.54. The number of amides is 1. The maximum Gasteiger partial charge on any atom is 0.245 e. The van der Waals surface area contributed by atoms with Crippen LogP contribution in [0.15, 0.2) is 45.5 Å². The minimum atomic E-state index is -1.57. The molecule has 6 nitrogen and oxygen atoms in total. The van der Waals surface area contributed by atoms with Crippen molar-refractivity contribution in [2.75, 3.05) is 5.32 Å². The van der Waals surface area contributed by atoms with Crippen molar-refractivity contribution in [1.82, 2.24) is 0 Å². The molecule has 0 bridgehead atoms. The van der Waals surface area contributed by atoms with Gasteiger partial charge in [0.2, 0.25) is 11.8 Å². The molecular weight excluding hydrogens is 362 g/mol. The Hall–Kier alpha value is -2.59. The molecule has 0 fully saturated rings. The second kappa shape index (κ2) is 4.96. The van der Waals surface area contributed by atoms with Gasteiger partial charge >= 0.3 is 0 Å². The first-order valence-electron chi connectivity index (χ1n) is 6.76. The van der Waals surface area contributed by atoms with Gasteiger partial charge in [-0.2, -0.15) is 5.26 Å². The van der Waals surface area contributed by atoms with Crippen LogP contribution in [0.25, 0.3) is 0 Å². The van der Waals surface area contributed by atoms with E-state index in [1.165, 1.54) is 6.92 Å². The molecule has 3 N–H and O–H groups in total. The molecule has 0 saturated heterocycles. The number of hydrogen-bond donors (Lipinski definition) is 2. The number of hydrogen-bond acceptors (Lipinski definition) is 5. The van der Waals surface area contributed by atoms with Gasteiger partial charge < -0.3 is 15.8 Å². The van der Waals surface area contributed by atoms with E-state index in [1.54, 1.807) is 25.1 Å². The summed E-state index contributed by atoms with van der Waals surface area (Å²) >= 11 is 3.34. The van der Waals surface area contributed by atoms with Crippen molar-refractivity contribution >= 4 is 33.3 Å². The Labute approximate surface area is 140 Å². The normalized spacial score (nSPS) is 22.6. The monoisotopic (exact) mass is 373 g/mol. The summed E-state index contributed by atoms with van der Waals surface area (Å²) in [5.74, 6) is -0.785. The van der Waals surface area contributed by atoms with E-state index in [9.17, 15) is 14.9 Å². The van der Waals surface area contributed by atoms with Gasteiger partial charge in [-0.25, -0.2) is 0 Å². The SMILES string of the molecule is CC(=O)C1=C(C)OC(N)=C(C#N)C12C(=O)Nc1cc(Br)ccc12. The molecular formula is C16H12BrN3O3. The lowest BCUT2D eigenvalue weighted by atomic mass is 9.67. The van der Waals surface area contributed by atoms with Crippen molar-refractivity contribution in [3.63, 3.8) is 0 Å². The van der Waals surface area contributed by atoms with Gasteiger partial charge in [-0.3, -0.25) is 9.59 Å². The number of allylic oxidation sites excluding steroid dienone is 1. The van der Waals surface area contributed by atoms with Crippen LogP contribution in [0.2, 0.25) is 0 Å². The molecule has 0 radical (unpaired) electrons. The highest BCUT2D eigenvalue weighted by Gasteiger charge is 2.58. The minimum absolute atomic E-state index is 0.0770. The molecule has 116 valence electrons. The second-order valence-corrected chi connectivity index (χ2v) is 6.25. The Bertz CT molecular complexity index is 879. The van der Waals surface area contributed by atoms with Crippen LogP contribution < -0.4 is 11.1 Å². The van der Waals surface area contributed by atoms with Crippen LogP contribution in [-0.4, -0.2) is 11.7 Å². The van der Waals surface area contributed by atoms with Crippen LogP contribution in [0.5, 0.6) is 0 Å². The smallest absolute Gasteiger partial charge is 0.245 e. The first kappa shape index (κ1) is 15.3. The summed E-state index contributed by atoms with van der Waals surface area (Å²) in [4.78, 5) is 25.1. The first-order valence-corrected chi connectivity index (χ1v) is 7.55. The average Bonchev–Trinajstić information content (AvgIpc) is 2.71. The Kier molecular flexibility index (Phi) is 3.30. The van der Waals surface area contributed by atoms with Crippen LogP contribution in [-0.2, 0) is 19.7 Å². The van der Waals surface area contributed by atoms with Crippen molar-refractivity contribution < 1.29 is 14.3 Å². The first-order chi connectivity index (χ1) is 10.8. The minimum Gasteiger partial charge on any atom is -0.445 e. The number of ether oxygens (including phenoxy) is 1. The maximum absolute atomic E-state index is 12.9. The fourth-order valence-electron chi connectivity index (χ4n) is 3.27. The van der Waals surface area contributed by atoms with Crippen molar-refractivity contribution in [3.05, 3.63) is 51.0 Å². The summed E-state index contributed by atoms with van der Waals surface area (Å²) in [6.45, 7) is 2.90. The predicted octanol–water partition coefficient (Wildman–Crippen LogP) is 2.23. The van der Waals surface area contributed by atoms with Gasteiger partial charge in [0, 0.05) is 15.7 Å². The zero-order valence-corrected chi connectivity index (χ0v) is 13.9. The van der Waals surface area contributed by atoms with E-state index in [4.69, 9.17) is 10.5 Å². The number of nitriles is 1. The number of benzene rings is 1. The fourth-order valence-corrected chi connectivity index (χ4v) is 3.63. The molecule has 0 aliphatic carbocycles. The molecule has 1 amide bonds. The lowest BCUT2D eigenvalue weighted by Crippen LogP contribution is -2.44. The second-order valence-electron chi connectivity index (χ2n) is 5.33. The van der Waals surface area contributed by atoms with Gasteiger partial charge in [0.1, 0.15) is 22.8 Å². The quantitative estimate of drug-likeness (QED) is 0.784. The molecule has 2 aliphatic heterocycles. The molecule has 23 heavy (non-hydrogen) atoms. The number of nitrogens with zero attached hydrogens (tertiary/aromatic N) is 1. The molecule has 0 saturated carbocycles. The summed E-state index contributed by atoms with van der Waals surface area (Å²) in [7, 11) is 0. The molecule has 7 heteroatoms. The van der Waals surface area contributed by atoms with E-state index in [0.29, 0.717) is 11.3 Å². The molecule has 2 aliphatic rings. The Morgan fingerprint density at radius 1 is 1.48 bits per heavy atom. The number of Topliss-reactive ketones (excluding diaryl/α,β-unsaturated/α-hetero) is 1. The summed E-state index contributed by atoms with van der Waals surface area (Å²) in [6, 6.07) is 7.11. The number of halogens is 1. The van der Waals surface area contributed by atoms with Gasteiger partial charge in [-0.05, 0) is 26.0 Å². The topological polar surface area (TPSA) is 105 Å². The van der Waals surface area contributed by atoms with E-state index in [1.807, 2.05) is 6.07 Å². The Morgan fingerprint density at radius 2 is 2.17 bits per heavy atom. The van der Waals surface area contributed by atoms with Gasteiger partial charge in [-0.15, -0.1) is 0 Å². The number of rotatable bonds is 1. The molecule has 1 unspecified atom stereocenters. The van der Waals surface area contributed by atoms with E-state index in [-0.39, 0.29) is 28.6 Å². The standard InChI is InChI=1S/C16H12BrN3O3/c1-7(21)13-8(2)23-14(19)11(6-18)16(13)10-4-3-9(17)5-12(10)20-15(16)22/h3-5H,19H2,1-2H3,(H,20,22). The predicted molar refractivity (Wildman–Crippen MR) is 85.7 cm³/mol. The van der Waals surface area contributed by atoms with Crippen molar-refractivity contribution in [1.29, 1.82) is 5.26 Å². The van der Waals surface area contributed by atoms with Crippen LogP contribution in [0, 0.1) is 11.3 Å². The summed E-state index contributed by atoms with van der Waals surface area (Å²) in [5, 5.41) is 12.3. The van der Waals surface area contributed by atoms with Gasteiger partial charge in [0.05, 0.1) is 5.57 Å². The van der Waals surface area contributed by atoms with Gasteiger partial charge in [0.25, 0.3) is 0 Å². The van der Waals surface area contributed by atoms with E-state index in [2.05, 4.69) is 21.2 Å². The molecule has 0 aromatic heterocycles. The molecule has 1 aromatic rings.